The second-order valence-electron chi connectivity index (χ2n) is 5.13. The SMILES string of the molecule is COC(=O)[C@H]1CCCN1CN1CCC[C@H]1C(=O)OC. The van der Waals surface area contributed by atoms with Crippen molar-refractivity contribution in [2.45, 2.75) is 37.8 Å². The Labute approximate surface area is 113 Å². The zero-order valence-electron chi connectivity index (χ0n) is 11.6. The van der Waals surface area contributed by atoms with E-state index in [0.29, 0.717) is 6.67 Å². The van der Waals surface area contributed by atoms with Gasteiger partial charge in [0.25, 0.3) is 0 Å². The quantitative estimate of drug-likeness (QED) is 0.681. The summed E-state index contributed by atoms with van der Waals surface area (Å²) in [5.74, 6) is -0.349. The van der Waals surface area contributed by atoms with Gasteiger partial charge >= 0.3 is 11.9 Å². The van der Waals surface area contributed by atoms with Crippen molar-refractivity contribution in [1.82, 2.24) is 9.80 Å². The molecular formula is C13H22N2O4. The minimum Gasteiger partial charge on any atom is -0.468 e. The number of likely N-dealkylation sites (tertiary alicyclic amines) is 2. The number of carbonyl (C=O) groups excluding carboxylic acids is 2. The second-order valence-corrected chi connectivity index (χ2v) is 5.13. The van der Waals surface area contributed by atoms with Gasteiger partial charge in [-0.05, 0) is 25.7 Å². The molecule has 0 spiro atoms. The fourth-order valence-corrected chi connectivity index (χ4v) is 3.03. The standard InChI is InChI=1S/C13H22N2O4/c1-18-12(16)10-5-3-7-14(10)9-15-8-4-6-11(15)13(17)19-2/h10-11H,3-9H2,1-2H3/t10-,11+. The number of methoxy groups -OCH3 is 2. The molecule has 0 N–H and O–H groups in total. The molecule has 2 fully saturated rings. The van der Waals surface area contributed by atoms with Crippen molar-refractivity contribution in [1.29, 1.82) is 0 Å². The van der Waals surface area contributed by atoms with Crippen LogP contribution in [0.5, 0.6) is 0 Å². The minimum atomic E-state index is -0.175. The average molecular weight is 270 g/mol. The average Bonchev–Trinajstić information content (AvgIpc) is 3.06. The summed E-state index contributed by atoms with van der Waals surface area (Å²) in [4.78, 5) is 27.6. The Balaban J connectivity index is 1.96. The molecule has 0 bridgehead atoms. The van der Waals surface area contributed by atoms with E-state index < -0.39 is 0 Å². The van der Waals surface area contributed by atoms with Gasteiger partial charge in [-0.3, -0.25) is 19.4 Å². The van der Waals surface area contributed by atoms with Gasteiger partial charge in [0.1, 0.15) is 12.1 Å². The lowest BCUT2D eigenvalue weighted by Crippen LogP contribution is -2.47. The lowest BCUT2D eigenvalue weighted by Gasteiger charge is -2.30. The summed E-state index contributed by atoms with van der Waals surface area (Å²) in [6.45, 7) is 2.40. The third kappa shape index (κ3) is 3.06. The van der Waals surface area contributed by atoms with E-state index in [4.69, 9.17) is 9.47 Å². The highest BCUT2D eigenvalue weighted by Crippen LogP contribution is 2.23. The molecule has 0 saturated carbocycles. The van der Waals surface area contributed by atoms with Crippen LogP contribution in [0.1, 0.15) is 25.7 Å². The lowest BCUT2D eigenvalue weighted by atomic mass is 10.2. The molecule has 0 radical (unpaired) electrons. The van der Waals surface area contributed by atoms with E-state index in [-0.39, 0.29) is 24.0 Å². The molecule has 19 heavy (non-hydrogen) atoms. The number of hydrogen-bond donors (Lipinski definition) is 0. The van der Waals surface area contributed by atoms with E-state index in [0.717, 1.165) is 38.8 Å². The molecule has 2 aliphatic rings. The van der Waals surface area contributed by atoms with Crippen LogP contribution in [0, 0.1) is 0 Å². The molecule has 0 aromatic heterocycles. The Hall–Kier alpha value is -1.14. The maximum Gasteiger partial charge on any atom is 0.323 e. The molecule has 6 heteroatoms. The van der Waals surface area contributed by atoms with E-state index in [1.165, 1.54) is 14.2 Å². The molecule has 0 amide bonds. The molecule has 2 atom stereocenters. The Kier molecular flexibility index (Phi) is 4.76. The van der Waals surface area contributed by atoms with Crippen molar-refractivity contribution in [3.05, 3.63) is 0 Å². The Morgan fingerprint density at radius 1 is 0.947 bits per heavy atom. The van der Waals surface area contributed by atoms with Gasteiger partial charge in [-0.1, -0.05) is 0 Å². The van der Waals surface area contributed by atoms with Crippen molar-refractivity contribution < 1.29 is 19.1 Å². The number of rotatable bonds is 4. The summed E-state index contributed by atoms with van der Waals surface area (Å²) >= 11 is 0. The third-order valence-electron chi connectivity index (χ3n) is 4.04. The maximum atomic E-state index is 11.7. The topological polar surface area (TPSA) is 59.1 Å². The highest BCUT2D eigenvalue weighted by molar-refractivity contribution is 5.76. The predicted octanol–water partition coefficient (Wildman–Crippen LogP) is 0.219. The van der Waals surface area contributed by atoms with Gasteiger partial charge in [-0.2, -0.15) is 0 Å². The van der Waals surface area contributed by atoms with Crippen LogP contribution in [-0.2, 0) is 19.1 Å². The largest absolute Gasteiger partial charge is 0.468 e. The summed E-state index contributed by atoms with van der Waals surface area (Å²) in [6.07, 6.45) is 3.67. The van der Waals surface area contributed by atoms with Gasteiger partial charge in [0.15, 0.2) is 0 Å². The monoisotopic (exact) mass is 270 g/mol. The molecule has 0 aromatic carbocycles. The summed E-state index contributed by atoms with van der Waals surface area (Å²) < 4.78 is 9.67. The Morgan fingerprint density at radius 2 is 1.37 bits per heavy atom. The molecule has 2 heterocycles. The minimum absolute atomic E-state index is 0.163. The van der Waals surface area contributed by atoms with Crippen molar-refractivity contribution >= 4 is 11.9 Å². The van der Waals surface area contributed by atoms with Crippen LogP contribution in [0.15, 0.2) is 0 Å². The highest BCUT2D eigenvalue weighted by atomic mass is 16.5. The number of ether oxygens (including phenoxy) is 2. The Morgan fingerprint density at radius 3 is 1.74 bits per heavy atom. The van der Waals surface area contributed by atoms with Gasteiger partial charge < -0.3 is 9.47 Å². The second kappa shape index (κ2) is 6.34. The molecule has 0 aromatic rings. The molecule has 108 valence electrons. The van der Waals surface area contributed by atoms with Crippen LogP contribution in [0.4, 0.5) is 0 Å². The fraction of sp³-hybridized carbons (Fsp3) is 0.846. The van der Waals surface area contributed by atoms with Crippen LogP contribution in [0.2, 0.25) is 0 Å². The van der Waals surface area contributed by atoms with Crippen LogP contribution < -0.4 is 0 Å². The third-order valence-corrected chi connectivity index (χ3v) is 4.04. The smallest absolute Gasteiger partial charge is 0.323 e. The van der Waals surface area contributed by atoms with Crippen LogP contribution >= 0.6 is 0 Å². The summed E-state index contributed by atoms with van der Waals surface area (Å²) in [7, 11) is 2.85. The van der Waals surface area contributed by atoms with Crippen LogP contribution in [0.25, 0.3) is 0 Å². The molecular weight excluding hydrogens is 248 g/mol. The number of hydrogen-bond acceptors (Lipinski definition) is 6. The van der Waals surface area contributed by atoms with E-state index >= 15 is 0 Å². The zero-order chi connectivity index (χ0) is 13.8. The van der Waals surface area contributed by atoms with Gasteiger partial charge in [0, 0.05) is 13.1 Å². The van der Waals surface area contributed by atoms with Crippen molar-refractivity contribution in [3.8, 4) is 0 Å². The van der Waals surface area contributed by atoms with E-state index in [9.17, 15) is 9.59 Å². The fourth-order valence-electron chi connectivity index (χ4n) is 3.03. The number of esters is 2. The van der Waals surface area contributed by atoms with E-state index in [1.54, 1.807) is 0 Å². The maximum absolute atomic E-state index is 11.7. The van der Waals surface area contributed by atoms with Crippen molar-refractivity contribution in [2.75, 3.05) is 34.0 Å². The zero-order valence-corrected chi connectivity index (χ0v) is 11.6. The first-order valence-corrected chi connectivity index (χ1v) is 6.81. The molecule has 2 aliphatic heterocycles. The number of nitrogens with zero attached hydrogens (tertiary/aromatic N) is 2. The lowest BCUT2D eigenvalue weighted by molar-refractivity contribution is -0.148. The van der Waals surface area contributed by atoms with Gasteiger partial charge in [-0.15, -0.1) is 0 Å². The van der Waals surface area contributed by atoms with Gasteiger partial charge in [0.05, 0.1) is 20.9 Å². The molecule has 2 rings (SSSR count). The first-order valence-electron chi connectivity index (χ1n) is 6.81. The van der Waals surface area contributed by atoms with Crippen molar-refractivity contribution in [2.24, 2.45) is 0 Å². The Bertz CT molecular complexity index is 316. The molecule has 0 unspecified atom stereocenters. The van der Waals surface area contributed by atoms with Gasteiger partial charge in [0.2, 0.25) is 0 Å². The predicted molar refractivity (Wildman–Crippen MR) is 68.4 cm³/mol. The normalized spacial score (nSPS) is 28.5. The first kappa shape index (κ1) is 14.3. The summed E-state index contributed by atoms with van der Waals surface area (Å²) in [6, 6.07) is -0.326. The van der Waals surface area contributed by atoms with E-state index in [1.807, 2.05) is 0 Å². The molecule has 6 nitrogen and oxygen atoms in total. The molecule has 2 saturated heterocycles. The number of carbonyl (C=O) groups is 2. The van der Waals surface area contributed by atoms with Gasteiger partial charge in [-0.25, -0.2) is 0 Å². The van der Waals surface area contributed by atoms with Crippen LogP contribution in [0.3, 0.4) is 0 Å². The van der Waals surface area contributed by atoms with Crippen LogP contribution in [-0.4, -0.2) is 67.8 Å². The van der Waals surface area contributed by atoms with Crippen molar-refractivity contribution in [3.63, 3.8) is 0 Å². The first-order chi connectivity index (χ1) is 9.17. The van der Waals surface area contributed by atoms with E-state index in [2.05, 4.69) is 9.80 Å². The summed E-state index contributed by atoms with van der Waals surface area (Å²) in [5, 5.41) is 0. The molecule has 0 aliphatic carbocycles. The highest BCUT2D eigenvalue weighted by Gasteiger charge is 2.37. The summed E-state index contributed by atoms with van der Waals surface area (Å²) in [5.41, 5.74) is 0.